The number of anilines is 1. The van der Waals surface area contributed by atoms with Gasteiger partial charge < -0.3 is 15.4 Å². The number of amides is 1. The molecule has 21 heavy (non-hydrogen) atoms. The van der Waals surface area contributed by atoms with Crippen LogP contribution in [0, 0.1) is 0 Å². The third kappa shape index (κ3) is 7.55. The van der Waals surface area contributed by atoms with Gasteiger partial charge in [-0.2, -0.15) is 13.2 Å². The second kappa shape index (κ2) is 8.51. The van der Waals surface area contributed by atoms with Crippen molar-refractivity contribution in [2.24, 2.45) is 0 Å². The van der Waals surface area contributed by atoms with Crippen LogP contribution >= 0.6 is 0 Å². The van der Waals surface area contributed by atoms with Crippen LogP contribution in [-0.4, -0.2) is 32.3 Å². The Morgan fingerprint density at radius 3 is 2.62 bits per heavy atom. The van der Waals surface area contributed by atoms with Gasteiger partial charge in [-0.1, -0.05) is 12.1 Å². The van der Waals surface area contributed by atoms with Crippen molar-refractivity contribution in [1.82, 2.24) is 5.32 Å². The molecule has 0 aliphatic carbocycles. The van der Waals surface area contributed by atoms with Crippen molar-refractivity contribution in [3.05, 3.63) is 24.3 Å². The molecular weight excluding hydrogens is 285 g/mol. The van der Waals surface area contributed by atoms with Gasteiger partial charge in [0.15, 0.2) is 0 Å². The predicted octanol–water partition coefficient (Wildman–Crippen LogP) is 2.96. The number of benzene rings is 1. The summed E-state index contributed by atoms with van der Waals surface area (Å²) in [6, 6.07) is 6.98. The minimum Gasteiger partial charge on any atom is -0.495 e. The first-order valence-corrected chi connectivity index (χ1v) is 6.63. The zero-order valence-corrected chi connectivity index (χ0v) is 11.8. The van der Waals surface area contributed by atoms with Gasteiger partial charge in [-0.25, -0.2) is 0 Å². The van der Waals surface area contributed by atoms with Gasteiger partial charge in [-0.15, -0.1) is 0 Å². The lowest BCUT2D eigenvalue weighted by atomic mass is 10.2. The number of nitrogens with one attached hydrogen (secondary N) is 2. The fraction of sp³-hybridized carbons (Fsp3) is 0.500. The van der Waals surface area contributed by atoms with Gasteiger partial charge in [0.1, 0.15) is 5.75 Å². The van der Waals surface area contributed by atoms with Gasteiger partial charge in [0.2, 0.25) is 5.91 Å². The van der Waals surface area contributed by atoms with E-state index in [-0.39, 0.29) is 18.9 Å². The molecule has 0 aromatic heterocycles. The molecule has 1 rings (SSSR count). The van der Waals surface area contributed by atoms with E-state index in [4.69, 9.17) is 4.74 Å². The number of halogens is 3. The molecule has 0 aliphatic heterocycles. The van der Waals surface area contributed by atoms with Crippen LogP contribution in [0.3, 0.4) is 0 Å². The summed E-state index contributed by atoms with van der Waals surface area (Å²) < 4.78 is 40.8. The fourth-order valence-electron chi connectivity index (χ4n) is 1.72. The van der Waals surface area contributed by atoms with Crippen LogP contribution in [0.25, 0.3) is 0 Å². The van der Waals surface area contributed by atoms with Gasteiger partial charge in [-0.3, -0.25) is 4.79 Å². The largest absolute Gasteiger partial charge is 0.495 e. The van der Waals surface area contributed by atoms with E-state index >= 15 is 0 Å². The normalized spacial score (nSPS) is 11.2. The summed E-state index contributed by atoms with van der Waals surface area (Å²) in [4.78, 5) is 11.7. The molecule has 0 fully saturated rings. The van der Waals surface area contributed by atoms with Crippen molar-refractivity contribution in [2.75, 3.05) is 25.5 Å². The maximum Gasteiger partial charge on any atom is 0.389 e. The van der Waals surface area contributed by atoms with Gasteiger partial charge in [-0.05, 0) is 31.5 Å². The standard InChI is InChI=1S/C14H19F3N2O2/c1-21-12-7-3-2-6-11(12)19-13(20)10-18-9-5-4-8-14(15,16)17/h2-3,6-7,18H,4-5,8-10H2,1H3,(H,19,20). The van der Waals surface area contributed by atoms with Gasteiger partial charge >= 0.3 is 6.18 Å². The van der Waals surface area contributed by atoms with Crippen molar-refractivity contribution in [3.8, 4) is 5.75 Å². The van der Waals surface area contributed by atoms with Gasteiger partial charge in [0.05, 0.1) is 19.3 Å². The molecule has 0 bridgehead atoms. The van der Waals surface area contributed by atoms with E-state index in [1.165, 1.54) is 7.11 Å². The van der Waals surface area contributed by atoms with Crippen LogP contribution in [0.4, 0.5) is 18.9 Å². The topological polar surface area (TPSA) is 50.4 Å². The Hall–Kier alpha value is -1.76. The molecule has 0 radical (unpaired) electrons. The quantitative estimate of drug-likeness (QED) is 0.726. The van der Waals surface area contributed by atoms with Crippen molar-refractivity contribution in [3.63, 3.8) is 0 Å². The highest BCUT2D eigenvalue weighted by molar-refractivity contribution is 5.93. The van der Waals surface area contributed by atoms with E-state index in [0.717, 1.165) is 0 Å². The van der Waals surface area contributed by atoms with Crippen molar-refractivity contribution >= 4 is 11.6 Å². The number of carbonyl (C=O) groups excluding carboxylic acids is 1. The first-order valence-electron chi connectivity index (χ1n) is 6.63. The van der Waals surface area contributed by atoms with Gasteiger partial charge in [0, 0.05) is 6.42 Å². The number of alkyl halides is 3. The highest BCUT2D eigenvalue weighted by Crippen LogP contribution is 2.23. The van der Waals surface area contributed by atoms with E-state index in [1.54, 1.807) is 24.3 Å². The molecule has 0 aliphatic rings. The first-order chi connectivity index (χ1) is 9.92. The monoisotopic (exact) mass is 304 g/mol. The van der Waals surface area contributed by atoms with Crippen molar-refractivity contribution in [2.45, 2.75) is 25.4 Å². The number of methoxy groups -OCH3 is 1. The molecule has 0 spiro atoms. The van der Waals surface area contributed by atoms with Crippen LogP contribution in [0.15, 0.2) is 24.3 Å². The Bertz CT molecular complexity index is 450. The van der Waals surface area contributed by atoms with Crippen molar-refractivity contribution in [1.29, 1.82) is 0 Å². The van der Waals surface area contributed by atoms with Crippen LogP contribution < -0.4 is 15.4 Å². The van der Waals surface area contributed by atoms with E-state index in [0.29, 0.717) is 24.4 Å². The number of ether oxygens (including phenoxy) is 1. The maximum absolute atomic E-state index is 11.9. The Kier molecular flexibility index (Phi) is 7.01. The van der Waals surface area contributed by atoms with Crippen LogP contribution in [0.5, 0.6) is 5.75 Å². The molecule has 1 aromatic rings. The Morgan fingerprint density at radius 1 is 1.24 bits per heavy atom. The summed E-state index contributed by atoms with van der Waals surface area (Å²) in [6.45, 7) is 0.416. The molecule has 118 valence electrons. The fourth-order valence-corrected chi connectivity index (χ4v) is 1.72. The highest BCUT2D eigenvalue weighted by Gasteiger charge is 2.25. The number of carbonyl (C=O) groups is 1. The third-order valence-electron chi connectivity index (χ3n) is 2.73. The zero-order chi connectivity index (χ0) is 15.7. The Morgan fingerprint density at radius 2 is 1.95 bits per heavy atom. The summed E-state index contributed by atoms with van der Waals surface area (Å²) in [7, 11) is 1.50. The first kappa shape index (κ1) is 17.3. The number of unbranched alkanes of at least 4 members (excludes halogenated alkanes) is 1. The molecule has 0 heterocycles. The lowest BCUT2D eigenvalue weighted by Crippen LogP contribution is -2.29. The Labute approximate surface area is 121 Å². The average molecular weight is 304 g/mol. The smallest absolute Gasteiger partial charge is 0.389 e. The van der Waals surface area contributed by atoms with Crippen LogP contribution in [-0.2, 0) is 4.79 Å². The summed E-state index contributed by atoms with van der Waals surface area (Å²) >= 11 is 0. The molecule has 0 saturated heterocycles. The van der Waals surface area contributed by atoms with E-state index < -0.39 is 12.6 Å². The number of para-hydroxylation sites is 2. The highest BCUT2D eigenvalue weighted by atomic mass is 19.4. The lowest BCUT2D eigenvalue weighted by molar-refractivity contribution is -0.135. The molecule has 0 unspecified atom stereocenters. The van der Waals surface area contributed by atoms with E-state index in [2.05, 4.69) is 10.6 Å². The average Bonchev–Trinajstić information content (AvgIpc) is 2.42. The predicted molar refractivity (Wildman–Crippen MR) is 74.4 cm³/mol. The molecule has 0 saturated carbocycles. The van der Waals surface area contributed by atoms with Crippen molar-refractivity contribution < 1.29 is 22.7 Å². The zero-order valence-electron chi connectivity index (χ0n) is 11.8. The van der Waals surface area contributed by atoms with Crippen LogP contribution in [0.2, 0.25) is 0 Å². The summed E-state index contributed by atoms with van der Waals surface area (Å²) in [5.74, 6) is 0.284. The van der Waals surface area contributed by atoms with Gasteiger partial charge in [0.25, 0.3) is 0 Å². The molecule has 4 nitrogen and oxygen atoms in total. The van der Waals surface area contributed by atoms with Crippen LogP contribution in [0.1, 0.15) is 19.3 Å². The SMILES string of the molecule is COc1ccccc1NC(=O)CNCCCCC(F)(F)F. The number of hydrogen-bond donors (Lipinski definition) is 2. The lowest BCUT2D eigenvalue weighted by Gasteiger charge is -2.10. The summed E-state index contributed by atoms with van der Waals surface area (Å²) in [6.07, 6.45) is -4.46. The Balaban J connectivity index is 2.20. The summed E-state index contributed by atoms with van der Waals surface area (Å²) in [5.41, 5.74) is 0.559. The maximum atomic E-state index is 11.9. The van der Waals surface area contributed by atoms with E-state index in [1.807, 2.05) is 0 Å². The van der Waals surface area contributed by atoms with E-state index in [9.17, 15) is 18.0 Å². The number of hydrogen-bond acceptors (Lipinski definition) is 3. The molecule has 2 N–H and O–H groups in total. The third-order valence-corrected chi connectivity index (χ3v) is 2.73. The second-order valence-electron chi connectivity index (χ2n) is 4.50. The molecular formula is C14H19F3N2O2. The minimum atomic E-state index is -4.11. The molecule has 1 aromatic carbocycles. The summed E-state index contributed by atoms with van der Waals surface area (Å²) in [5, 5.41) is 5.48. The second-order valence-corrected chi connectivity index (χ2v) is 4.50. The number of rotatable bonds is 8. The minimum absolute atomic E-state index is 0.0457. The molecule has 7 heteroatoms. The molecule has 1 amide bonds. The molecule has 0 atom stereocenters.